The first-order chi connectivity index (χ1) is 2.91. The highest BCUT2D eigenvalue weighted by molar-refractivity contribution is 4.90. The van der Waals surface area contributed by atoms with Gasteiger partial charge in [-0.1, -0.05) is 0 Å². The Balaban J connectivity index is 2.90. The summed E-state index contributed by atoms with van der Waals surface area (Å²) in [4.78, 5) is 0. The highest BCUT2D eigenvalue weighted by Crippen LogP contribution is 1.60. The summed E-state index contributed by atoms with van der Waals surface area (Å²) >= 11 is 0. The van der Waals surface area contributed by atoms with Gasteiger partial charge in [0, 0.05) is 0 Å². The highest BCUT2D eigenvalue weighted by Gasteiger charge is 1.58. The van der Waals surface area contributed by atoms with Crippen LogP contribution in [-0.2, 0) is 4.74 Å². The zero-order valence-corrected chi connectivity index (χ0v) is 3.20. The lowest BCUT2D eigenvalue weighted by Crippen LogP contribution is -1.63. The summed E-state index contributed by atoms with van der Waals surface area (Å²) in [6.07, 6.45) is 1.96. The number of hydrogen-bond acceptors (Lipinski definition) is 1. The first-order valence-electron chi connectivity index (χ1n) is 1.36. The molecule has 0 saturated carbocycles. The summed E-state index contributed by atoms with van der Waals surface area (Å²) in [7, 11) is 2.88. The van der Waals surface area contributed by atoms with Crippen LogP contribution in [0.2, 0.25) is 0 Å². The Hall–Kier alpha value is -0.710. The smallest absolute Gasteiger partial charge is 0.153 e. The van der Waals surface area contributed by atoms with Crippen LogP contribution in [-0.4, -0.2) is 6.67 Å². The van der Waals surface area contributed by atoms with Crippen molar-refractivity contribution in [3.63, 3.8) is 0 Å². The molecule has 6 heavy (non-hydrogen) atoms. The van der Waals surface area contributed by atoms with Crippen molar-refractivity contribution in [3.8, 4) is 12.0 Å². The largest absolute Gasteiger partial charge is 0.443 e. The van der Waals surface area contributed by atoms with E-state index >= 15 is 0 Å². The minimum atomic E-state index is -0.671. The molecule has 0 aromatic rings. The molecular formula is C4H4FO. The first kappa shape index (κ1) is 5.29. The van der Waals surface area contributed by atoms with Gasteiger partial charge in [-0.15, -0.1) is 0 Å². The zero-order chi connectivity index (χ0) is 4.83. The minimum absolute atomic E-state index is 0.671. The molecule has 0 rings (SSSR count). The van der Waals surface area contributed by atoms with Gasteiger partial charge in [-0.25, -0.2) is 4.39 Å². The van der Waals surface area contributed by atoms with Crippen molar-refractivity contribution in [2.24, 2.45) is 0 Å². The maximum Gasteiger partial charge on any atom is 0.153 e. The van der Waals surface area contributed by atoms with E-state index in [0.717, 1.165) is 0 Å². The van der Waals surface area contributed by atoms with Gasteiger partial charge in [-0.05, 0) is 5.92 Å². The van der Waals surface area contributed by atoms with Crippen molar-refractivity contribution >= 4 is 0 Å². The van der Waals surface area contributed by atoms with Crippen LogP contribution in [0.15, 0.2) is 0 Å². The minimum Gasteiger partial charge on any atom is -0.443 e. The van der Waals surface area contributed by atoms with Crippen LogP contribution in [0.25, 0.3) is 0 Å². The van der Waals surface area contributed by atoms with E-state index in [-0.39, 0.29) is 0 Å². The van der Waals surface area contributed by atoms with Gasteiger partial charge in [0.2, 0.25) is 0 Å². The van der Waals surface area contributed by atoms with Crippen molar-refractivity contribution in [3.05, 3.63) is 7.11 Å². The van der Waals surface area contributed by atoms with Crippen LogP contribution in [0.5, 0.6) is 0 Å². The summed E-state index contributed by atoms with van der Waals surface area (Å²) in [6, 6.07) is 0. The predicted octanol–water partition coefficient (Wildman–Crippen LogP) is 0.725. The number of halogens is 1. The van der Waals surface area contributed by atoms with E-state index in [9.17, 15) is 4.39 Å². The van der Waals surface area contributed by atoms with E-state index in [0.29, 0.717) is 0 Å². The third-order valence-corrected chi connectivity index (χ3v) is 0.211. The Kier molecular flexibility index (Phi) is 3.78. The van der Waals surface area contributed by atoms with E-state index in [1.54, 1.807) is 0 Å². The van der Waals surface area contributed by atoms with E-state index in [1.807, 2.05) is 12.0 Å². The normalized spacial score (nSPS) is 5.67. The molecule has 0 unspecified atom stereocenters. The van der Waals surface area contributed by atoms with Crippen LogP contribution >= 0.6 is 0 Å². The van der Waals surface area contributed by atoms with E-state index in [4.69, 9.17) is 0 Å². The molecule has 0 fully saturated rings. The summed E-state index contributed by atoms with van der Waals surface area (Å²) in [5, 5.41) is 0. The maximum atomic E-state index is 10.9. The molecule has 0 aliphatic carbocycles. The fraction of sp³-hybridized carbons (Fsp3) is 0.250. The molecule has 0 aromatic heterocycles. The van der Waals surface area contributed by atoms with Gasteiger partial charge in [0.25, 0.3) is 0 Å². The quantitative estimate of drug-likeness (QED) is 0.396. The molecule has 0 aliphatic rings. The fourth-order valence-electron chi connectivity index (χ4n) is 0.0783. The van der Waals surface area contributed by atoms with Crippen LogP contribution in [0, 0.1) is 19.1 Å². The van der Waals surface area contributed by atoms with Gasteiger partial charge >= 0.3 is 0 Å². The Morgan fingerprint density at radius 2 is 2.50 bits per heavy atom. The molecule has 0 atom stereocenters. The predicted molar refractivity (Wildman–Crippen MR) is 20.2 cm³/mol. The summed E-state index contributed by atoms with van der Waals surface area (Å²) < 4.78 is 14.8. The second-order valence-corrected chi connectivity index (χ2v) is 0.557. The van der Waals surface area contributed by atoms with Gasteiger partial charge in [0.1, 0.15) is 13.2 Å². The summed E-state index contributed by atoms with van der Waals surface area (Å²) in [6.45, 7) is -0.671. The van der Waals surface area contributed by atoms with Gasteiger partial charge in [0.05, 0.1) is 0 Å². The lowest BCUT2D eigenvalue weighted by Gasteiger charge is -1.70. The standard InChI is InChI=1S/C4H4FO/c1-6-4-2-3-5/h1,3H2. The number of alkyl halides is 1. The molecule has 0 heterocycles. The molecule has 1 radical (unpaired) electrons. The van der Waals surface area contributed by atoms with Crippen molar-refractivity contribution in [2.45, 2.75) is 0 Å². The fourth-order valence-corrected chi connectivity index (χ4v) is 0.0783. The molecule has 0 N–H and O–H groups in total. The summed E-state index contributed by atoms with van der Waals surface area (Å²) in [5.74, 6) is 2.00. The second kappa shape index (κ2) is 4.29. The zero-order valence-electron chi connectivity index (χ0n) is 3.20. The van der Waals surface area contributed by atoms with Crippen LogP contribution in [0.3, 0.4) is 0 Å². The SMILES string of the molecule is [CH2]OC#CCF. The Bertz CT molecular complexity index is 61.4. The van der Waals surface area contributed by atoms with E-state index < -0.39 is 6.67 Å². The average Bonchev–Trinajstić information content (AvgIpc) is 1.61. The van der Waals surface area contributed by atoms with Gasteiger partial charge in [0.15, 0.2) is 6.67 Å². The molecule has 0 amide bonds. The molecule has 0 spiro atoms. The number of rotatable bonds is 0. The highest BCUT2D eigenvalue weighted by atomic mass is 19.1. The van der Waals surface area contributed by atoms with Crippen molar-refractivity contribution in [1.82, 2.24) is 0 Å². The lowest BCUT2D eigenvalue weighted by molar-refractivity contribution is 0.428. The Labute approximate surface area is 36.1 Å². The van der Waals surface area contributed by atoms with E-state index in [1.165, 1.54) is 0 Å². The van der Waals surface area contributed by atoms with Gasteiger partial charge in [-0.2, -0.15) is 0 Å². The summed E-state index contributed by atoms with van der Waals surface area (Å²) in [5.41, 5.74) is 0. The maximum absolute atomic E-state index is 10.9. The molecule has 0 bridgehead atoms. The number of hydrogen-bond donors (Lipinski definition) is 0. The first-order valence-corrected chi connectivity index (χ1v) is 1.36. The van der Waals surface area contributed by atoms with E-state index in [2.05, 4.69) is 11.8 Å². The Morgan fingerprint density at radius 1 is 1.83 bits per heavy atom. The van der Waals surface area contributed by atoms with Crippen LogP contribution in [0.1, 0.15) is 0 Å². The molecule has 1 nitrogen and oxygen atoms in total. The second-order valence-electron chi connectivity index (χ2n) is 0.557. The third kappa shape index (κ3) is 3.29. The average molecular weight is 87.1 g/mol. The molecule has 2 heteroatoms. The molecule has 33 valence electrons. The monoisotopic (exact) mass is 87.0 g/mol. The molecular weight excluding hydrogens is 83.0 g/mol. The molecule has 0 aromatic carbocycles. The van der Waals surface area contributed by atoms with Crippen molar-refractivity contribution in [2.75, 3.05) is 6.67 Å². The third-order valence-electron chi connectivity index (χ3n) is 0.211. The molecule has 0 aliphatic heterocycles. The Morgan fingerprint density at radius 3 is 2.67 bits per heavy atom. The van der Waals surface area contributed by atoms with Crippen molar-refractivity contribution in [1.29, 1.82) is 0 Å². The van der Waals surface area contributed by atoms with Crippen LogP contribution in [0.4, 0.5) is 4.39 Å². The topological polar surface area (TPSA) is 9.23 Å². The number of ether oxygens (including phenoxy) is 1. The molecule has 0 saturated heterocycles. The lowest BCUT2D eigenvalue weighted by atomic mass is 10.8. The van der Waals surface area contributed by atoms with Gasteiger partial charge < -0.3 is 4.74 Å². The van der Waals surface area contributed by atoms with Crippen molar-refractivity contribution < 1.29 is 9.13 Å². The van der Waals surface area contributed by atoms with Crippen LogP contribution < -0.4 is 0 Å². The van der Waals surface area contributed by atoms with Gasteiger partial charge in [-0.3, -0.25) is 0 Å².